The first-order valence-corrected chi connectivity index (χ1v) is 43.4. The predicted octanol–water partition coefficient (Wildman–Crippen LogP) is 32.3. The Labute approximate surface area is 728 Å². The lowest BCUT2D eigenvalue weighted by atomic mass is 9.55. The van der Waals surface area contributed by atoms with Crippen molar-refractivity contribution in [3.63, 3.8) is 0 Å². The number of rotatable bonds is 11. The van der Waals surface area contributed by atoms with Gasteiger partial charge < -0.3 is 19.1 Å². The zero-order valence-electron chi connectivity index (χ0n) is 69.2. The highest BCUT2D eigenvalue weighted by Gasteiger charge is 2.54. The first kappa shape index (κ1) is 73.1. The fourth-order valence-corrected chi connectivity index (χ4v) is 21.6. The summed E-state index contributed by atoms with van der Waals surface area (Å²) in [5.41, 5.74) is 39.2. The van der Waals surface area contributed by atoms with Crippen LogP contribution < -0.4 is 14.7 Å². The summed E-state index contributed by atoms with van der Waals surface area (Å²) in [7, 11) is 0. The molecule has 21 aromatic rings. The number of furan rings is 1. The second kappa shape index (κ2) is 29.2. The fourth-order valence-electron chi connectivity index (χ4n) is 21.6. The third-order valence-electron chi connectivity index (χ3n) is 27.2. The van der Waals surface area contributed by atoms with Crippen LogP contribution in [0.2, 0.25) is 0 Å². The minimum absolute atomic E-state index is 0.111. The van der Waals surface area contributed by atoms with E-state index in [4.69, 9.17) is 4.42 Å². The third kappa shape index (κ3) is 11.5. The molecule has 0 N–H and O–H groups in total. The van der Waals surface area contributed by atoms with E-state index in [9.17, 15) is 0 Å². The van der Waals surface area contributed by atoms with Crippen molar-refractivity contribution in [3.05, 3.63) is 523 Å². The van der Waals surface area contributed by atoms with Crippen molar-refractivity contribution in [1.29, 1.82) is 0 Å². The topological polar surface area (TPSA) is 22.9 Å². The quantitative estimate of drug-likeness (QED) is 0.120. The van der Waals surface area contributed by atoms with Gasteiger partial charge in [0.1, 0.15) is 11.2 Å². The van der Waals surface area contributed by atoms with Crippen LogP contribution >= 0.6 is 0 Å². The Balaban J connectivity index is 0.000000145. The van der Waals surface area contributed by atoms with Crippen LogP contribution in [0.5, 0.6) is 0 Å². The highest BCUT2D eigenvalue weighted by atomic mass is 16.3. The van der Waals surface area contributed by atoms with E-state index in [1.165, 1.54) is 150 Å². The van der Waals surface area contributed by atoms with Crippen LogP contribution in [0.3, 0.4) is 0 Å². The van der Waals surface area contributed by atoms with Crippen LogP contribution in [0.1, 0.15) is 69.5 Å². The molecule has 0 radical (unpaired) electrons. The van der Waals surface area contributed by atoms with Crippen molar-refractivity contribution in [2.45, 2.75) is 30.1 Å². The molecule has 125 heavy (non-hydrogen) atoms. The van der Waals surface area contributed by atoms with Gasteiger partial charge in [0.2, 0.25) is 0 Å². The maximum absolute atomic E-state index is 6.58. The number of para-hydroxylation sites is 5. The van der Waals surface area contributed by atoms with Gasteiger partial charge in [-0.2, -0.15) is 0 Å². The van der Waals surface area contributed by atoms with Gasteiger partial charge in [0.05, 0.1) is 22.2 Å². The first-order valence-electron chi connectivity index (χ1n) is 43.4. The Hall–Kier alpha value is -15.9. The molecule has 4 nitrogen and oxygen atoms in total. The fraction of sp³-hybridized carbons (Fsp3) is 0.0413. The molecule has 20 aromatic carbocycles. The van der Waals surface area contributed by atoms with Gasteiger partial charge in [-0.1, -0.05) is 347 Å². The molecule has 4 aliphatic rings. The number of benzene rings is 20. The van der Waals surface area contributed by atoms with E-state index in [-0.39, 0.29) is 10.8 Å². The van der Waals surface area contributed by atoms with Crippen molar-refractivity contribution in [3.8, 4) is 66.8 Å². The lowest BCUT2D eigenvalue weighted by Crippen LogP contribution is -2.40. The molecule has 0 atom stereocenters. The summed E-state index contributed by atoms with van der Waals surface area (Å²) in [5, 5.41) is 7.11. The largest absolute Gasteiger partial charge is 0.456 e. The minimum atomic E-state index is -0.507. The Morgan fingerprint density at radius 3 is 1.13 bits per heavy atom. The highest BCUT2D eigenvalue weighted by molar-refractivity contribution is 6.11. The van der Waals surface area contributed by atoms with Gasteiger partial charge in [0, 0.05) is 56.0 Å². The molecule has 0 saturated carbocycles. The normalized spacial score (nSPS) is 13.5. The molecule has 1 aliphatic heterocycles. The number of hydrogen-bond acceptors (Lipinski definition) is 4. The highest BCUT2D eigenvalue weighted by Crippen LogP contribution is 2.66. The van der Waals surface area contributed by atoms with Crippen molar-refractivity contribution in [2.24, 2.45) is 0 Å². The van der Waals surface area contributed by atoms with Crippen LogP contribution in [0.15, 0.2) is 472 Å². The Morgan fingerprint density at radius 1 is 0.200 bits per heavy atom. The molecule has 588 valence electrons. The lowest BCUT2D eigenvalue weighted by molar-refractivity contribution is 0.563. The Kier molecular flexibility index (Phi) is 17.1. The maximum atomic E-state index is 6.58. The molecule has 0 saturated heterocycles. The molecule has 2 heterocycles. The summed E-state index contributed by atoms with van der Waals surface area (Å²) in [6.07, 6.45) is 0. The standard InChI is InChI=1S/C69H46N2.C52H37NO/c1-4-16-47(17-5-1)49-30-36-56(37-31-49)70(57-38-32-50(33-39-57)48-18-6-2-7-19-48)58-40-43-60-54(45-58)29-28-53-44-51(34-41-59(53)60)52-35-42-62-61-22-10-11-23-63(61)69(66(62)46-52)64-24-12-14-26-67(64)71(55-20-8-3-9-21-55)68-27-15-13-25-65(68)69;1-51(2)45-21-11-13-23-47(45)52(48-24-14-12-22-46(48)51)43-20-10-9-19-39(43)41-31-34(26-29-44(41)52)35-25-28-40-42-33-38(27-30-49(42)54-50(40)32-35)53(36-15-5-3-6-16-36)37-17-7-4-8-18-37/h1-46H;3-33H,1-2H3. The van der Waals surface area contributed by atoms with E-state index in [0.29, 0.717) is 0 Å². The van der Waals surface area contributed by atoms with Crippen molar-refractivity contribution in [1.82, 2.24) is 0 Å². The number of fused-ring (bicyclic) bond motifs is 24. The Bertz CT molecular complexity index is 7590. The second-order valence-electron chi connectivity index (χ2n) is 34.1. The lowest BCUT2D eigenvalue weighted by Gasteiger charge is -2.46. The molecule has 0 unspecified atom stereocenters. The van der Waals surface area contributed by atoms with Gasteiger partial charge in [-0.25, -0.2) is 0 Å². The minimum Gasteiger partial charge on any atom is -0.456 e. The predicted molar refractivity (Wildman–Crippen MR) is 521 cm³/mol. The van der Waals surface area contributed by atoms with Gasteiger partial charge in [0.25, 0.3) is 0 Å². The first-order chi connectivity index (χ1) is 61.7. The van der Waals surface area contributed by atoms with E-state index in [0.717, 1.165) is 67.3 Å². The monoisotopic (exact) mass is 1590 g/mol. The van der Waals surface area contributed by atoms with Gasteiger partial charge >= 0.3 is 0 Å². The van der Waals surface area contributed by atoms with Crippen LogP contribution in [0, 0.1) is 0 Å². The third-order valence-corrected chi connectivity index (χ3v) is 27.2. The van der Waals surface area contributed by atoms with Crippen molar-refractivity contribution in [2.75, 3.05) is 14.7 Å². The van der Waals surface area contributed by atoms with E-state index in [2.05, 4.69) is 496 Å². The molecule has 3 aliphatic carbocycles. The van der Waals surface area contributed by atoms with Gasteiger partial charge in [-0.3, -0.25) is 0 Å². The number of anilines is 9. The molecular weight excluding hydrogens is 1510 g/mol. The van der Waals surface area contributed by atoms with Crippen LogP contribution in [0.4, 0.5) is 51.2 Å². The summed E-state index contributed by atoms with van der Waals surface area (Å²) in [6, 6.07) is 171. The molecule has 25 rings (SSSR count). The summed E-state index contributed by atoms with van der Waals surface area (Å²) in [4.78, 5) is 7.12. The molecule has 4 heteroatoms. The molecule has 0 bridgehead atoms. The summed E-state index contributed by atoms with van der Waals surface area (Å²) in [5.74, 6) is 0. The zero-order valence-corrected chi connectivity index (χ0v) is 69.2. The molecule has 2 spiro atoms. The van der Waals surface area contributed by atoms with Gasteiger partial charge in [0.15, 0.2) is 0 Å². The van der Waals surface area contributed by atoms with Crippen LogP contribution in [0.25, 0.3) is 110 Å². The van der Waals surface area contributed by atoms with E-state index in [1.807, 2.05) is 0 Å². The van der Waals surface area contributed by atoms with Gasteiger partial charge in [-0.05, 0) is 277 Å². The zero-order chi connectivity index (χ0) is 82.9. The molecule has 0 fully saturated rings. The van der Waals surface area contributed by atoms with Crippen molar-refractivity contribution >= 4 is 94.7 Å². The summed E-state index contributed by atoms with van der Waals surface area (Å²) >= 11 is 0. The van der Waals surface area contributed by atoms with E-state index >= 15 is 0 Å². The van der Waals surface area contributed by atoms with Crippen molar-refractivity contribution < 1.29 is 4.42 Å². The van der Waals surface area contributed by atoms with Gasteiger partial charge in [-0.15, -0.1) is 0 Å². The average molecular weight is 1600 g/mol. The number of hydrogen-bond donors (Lipinski definition) is 0. The average Bonchev–Trinajstić information content (AvgIpc) is 1.54. The van der Waals surface area contributed by atoms with E-state index in [1.54, 1.807) is 0 Å². The summed E-state index contributed by atoms with van der Waals surface area (Å²) in [6.45, 7) is 4.75. The molecule has 0 amide bonds. The summed E-state index contributed by atoms with van der Waals surface area (Å²) < 4.78 is 6.58. The Morgan fingerprint density at radius 2 is 0.560 bits per heavy atom. The molecular formula is C121H83N3O. The maximum Gasteiger partial charge on any atom is 0.136 e. The van der Waals surface area contributed by atoms with E-state index < -0.39 is 5.41 Å². The number of nitrogens with zero attached hydrogens (tertiary/aromatic N) is 3. The molecule has 1 aromatic heterocycles. The smallest absolute Gasteiger partial charge is 0.136 e. The SMILES string of the molecule is CC1(C)c2ccccc2C2(c3ccccc3-c3cc(-c4ccc5c(c4)oc4ccc(N(c6ccccc6)c6ccccc6)cc45)ccc32)c2ccccc21.c1ccc(-c2ccc(N(c3ccc(-c4ccccc4)cc3)c3ccc4c(ccc5cc(-c6ccc7c(c6)C6(c8ccccc8-7)c7ccccc7N(c7ccccc7)c7ccccc76)ccc54)c3)cc2)cc1. The van der Waals surface area contributed by atoms with Crippen LogP contribution in [-0.2, 0) is 16.2 Å². The van der Waals surface area contributed by atoms with Crippen LogP contribution in [-0.4, -0.2) is 0 Å². The second-order valence-corrected chi connectivity index (χ2v) is 34.1.